The standard InChI is InChI=1S/Nb.4H2O.Pb.Ti.2H/h;4*1H2;;;;/q;;;;;;+4;;/p-4. The fraction of sp³-hybridized carbons (Fsp3) is 0. The Kier molecular flexibility index (Phi) is 14.6. The molecular formula is H6NbO4PbTi. The molecule has 4 N–H and O–H groups in total. The molecule has 4 nitrogen and oxygen atoms in total. The molecule has 0 spiro atoms. The van der Waals surface area contributed by atoms with Gasteiger partial charge in [0.1, 0.15) is 0 Å². The molecule has 0 aromatic rings. The third-order valence-corrected chi connectivity index (χ3v) is 0. The van der Waals surface area contributed by atoms with Gasteiger partial charge in [0.15, 0.2) is 0 Å². The molecule has 7 heteroatoms. The van der Waals surface area contributed by atoms with Gasteiger partial charge in [-0.2, -0.15) is 0 Å². The van der Waals surface area contributed by atoms with E-state index in [2.05, 4.69) is 0 Å². The summed E-state index contributed by atoms with van der Waals surface area (Å²) in [5.74, 6) is 0. The first kappa shape index (κ1) is 16.1. The predicted molar refractivity (Wildman–Crippen MR) is 17.4 cm³/mol. The van der Waals surface area contributed by atoms with Gasteiger partial charge >= 0.3 is 60.2 Å². The van der Waals surface area contributed by atoms with E-state index >= 15 is 0 Å². The molecule has 43 valence electrons. The summed E-state index contributed by atoms with van der Waals surface area (Å²) in [6.07, 6.45) is 0. The summed E-state index contributed by atoms with van der Waals surface area (Å²) in [6.45, 7) is 0. The van der Waals surface area contributed by atoms with Crippen LogP contribution in [0.5, 0.6) is 0 Å². The normalized spacial score (nSPS) is 8.57. The third kappa shape index (κ3) is 64.6. The predicted octanol–water partition coefficient (Wildman–Crippen LogP) is -3.15. The maximum atomic E-state index is 7.38. The molecule has 0 saturated carbocycles. The first-order valence-corrected chi connectivity index (χ1v) is 3.69. The third-order valence-electron chi connectivity index (χ3n) is 0. The van der Waals surface area contributed by atoms with E-state index in [9.17, 15) is 0 Å². The van der Waals surface area contributed by atoms with E-state index in [1.807, 2.05) is 0 Å². The van der Waals surface area contributed by atoms with Crippen LogP contribution in [0.1, 0.15) is 0 Å². The first-order valence-electron chi connectivity index (χ1n) is 0.894. The summed E-state index contributed by atoms with van der Waals surface area (Å²) < 4.78 is 29.5. The maximum absolute atomic E-state index is 7.38. The second-order valence-electron chi connectivity index (χ2n) is 0.600. The molecule has 0 rings (SSSR count). The summed E-state index contributed by atoms with van der Waals surface area (Å²) >= 11 is -5.00. The Morgan fingerprint density at radius 2 is 0.857 bits per heavy atom. The van der Waals surface area contributed by atoms with Gasteiger partial charge in [-0.05, 0) is 0 Å². The Balaban J connectivity index is -0.0000000800. The van der Waals surface area contributed by atoms with Crippen molar-refractivity contribution in [2.24, 2.45) is 0 Å². The van der Waals surface area contributed by atoms with Crippen LogP contribution in [0, 0.1) is 0 Å². The van der Waals surface area contributed by atoms with Crippen LogP contribution in [0.25, 0.3) is 0 Å². The Hall–Kier alpha value is 2.22. The monoisotopic (exact) mass is 419 g/mol. The average molecular weight is 418 g/mol. The molecular weight excluding hydrogens is 412 g/mol. The van der Waals surface area contributed by atoms with Crippen LogP contribution < -0.4 is 0 Å². The van der Waals surface area contributed by atoms with Crippen LogP contribution in [0.3, 0.4) is 0 Å². The molecule has 0 bridgehead atoms. The van der Waals surface area contributed by atoms with Crippen molar-refractivity contribution in [2.45, 2.75) is 0 Å². The Labute approximate surface area is 81.5 Å². The average Bonchev–Trinajstić information content (AvgIpc) is 0.722. The van der Waals surface area contributed by atoms with Gasteiger partial charge in [-0.3, -0.25) is 0 Å². The first-order chi connectivity index (χ1) is 2.00. The topological polar surface area (TPSA) is 80.9 Å². The minimum absolute atomic E-state index is 0. The van der Waals surface area contributed by atoms with Crippen LogP contribution >= 0.6 is 0 Å². The molecule has 0 aromatic heterocycles. The van der Waals surface area contributed by atoms with Gasteiger partial charge in [-0.25, -0.2) is 0 Å². The summed E-state index contributed by atoms with van der Waals surface area (Å²) in [5.41, 5.74) is 0. The Morgan fingerprint density at radius 3 is 0.857 bits per heavy atom. The fourth-order valence-corrected chi connectivity index (χ4v) is 0. The molecule has 0 amide bonds. The van der Waals surface area contributed by atoms with Crippen molar-refractivity contribution in [1.29, 1.82) is 0 Å². The van der Waals surface area contributed by atoms with Crippen LogP contribution in [0.2, 0.25) is 0 Å². The molecule has 0 aliphatic heterocycles. The van der Waals surface area contributed by atoms with E-state index < -0.39 is 18.1 Å². The number of hydrogen-bond acceptors (Lipinski definition) is 4. The molecule has 0 atom stereocenters. The van der Waals surface area contributed by atoms with E-state index in [0.29, 0.717) is 0 Å². The molecule has 3 radical (unpaired) electrons. The van der Waals surface area contributed by atoms with E-state index in [4.69, 9.17) is 14.8 Å². The van der Waals surface area contributed by atoms with Crippen molar-refractivity contribution < 1.29 is 55.3 Å². The SMILES string of the molecule is [Nb].[OH][Ti]([OH])([OH])[OH].[PbH2]. The Bertz CT molecular complexity index is 27.2. The zero-order chi connectivity index (χ0) is 4.50. The van der Waals surface area contributed by atoms with Gasteiger partial charge in [0, 0.05) is 22.4 Å². The van der Waals surface area contributed by atoms with Crippen LogP contribution in [-0.2, 0) is 40.5 Å². The van der Waals surface area contributed by atoms with Gasteiger partial charge < -0.3 is 0 Å². The van der Waals surface area contributed by atoms with Gasteiger partial charge in [-0.1, -0.05) is 0 Å². The summed E-state index contributed by atoms with van der Waals surface area (Å²) in [6, 6.07) is 0. The summed E-state index contributed by atoms with van der Waals surface area (Å²) in [4.78, 5) is 0. The van der Waals surface area contributed by atoms with Crippen molar-refractivity contribution in [3.63, 3.8) is 0 Å². The zero-order valence-corrected chi connectivity index (χ0v) is 12.7. The molecule has 7 heavy (non-hydrogen) atoms. The quantitative estimate of drug-likeness (QED) is 0.314. The summed E-state index contributed by atoms with van der Waals surface area (Å²) in [5, 5.41) is 0. The van der Waals surface area contributed by atoms with Crippen molar-refractivity contribution in [3.8, 4) is 0 Å². The van der Waals surface area contributed by atoms with Crippen LogP contribution in [-0.4, -0.2) is 42.1 Å². The van der Waals surface area contributed by atoms with E-state index in [1.165, 1.54) is 0 Å². The molecule has 0 aliphatic rings. The molecule has 0 aliphatic carbocycles. The van der Waals surface area contributed by atoms with Gasteiger partial charge in [0.05, 0.1) is 0 Å². The number of hydrogen-bond donors (Lipinski definition) is 4. The van der Waals surface area contributed by atoms with E-state index in [1.54, 1.807) is 0 Å². The van der Waals surface area contributed by atoms with Crippen molar-refractivity contribution >= 4 is 27.3 Å². The van der Waals surface area contributed by atoms with Crippen molar-refractivity contribution in [2.75, 3.05) is 0 Å². The van der Waals surface area contributed by atoms with Crippen molar-refractivity contribution in [3.05, 3.63) is 0 Å². The molecule has 0 saturated heterocycles. The molecule has 0 fully saturated rings. The van der Waals surface area contributed by atoms with E-state index in [-0.39, 0.29) is 49.7 Å². The number of rotatable bonds is 0. The second kappa shape index (κ2) is 6.34. The molecule has 0 aromatic carbocycles. The van der Waals surface area contributed by atoms with Crippen LogP contribution in [0.4, 0.5) is 0 Å². The van der Waals surface area contributed by atoms with Crippen LogP contribution in [0.15, 0.2) is 0 Å². The summed E-state index contributed by atoms with van der Waals surface area (Å²) in [7, 11) is 0. The minimum atomic E-state index is -5.00. The van der Waals surface area contributed by atoms with E-state index in [0.717, 1.165) is 0 Å². The fourth-order valence-electron chi connectivity index (χ4n) is 0. The molecule has 0 unspecified atom stereocenters. The Morgan fingerprint density at radius 1 is 0.857 bits per heavy atom. The zero-order valence-electron chi connectivity index (χ0n) is 3.44. The molecule has 0 heterocycles. The van der Waals surface area contributed by atoms with Gasteiger partial charge in [-0.15, -0.1) is 0 Å². The second-order valence-corrected chi connectivity index (χ2v) is 2.47. The van der Waals surface area contributed by atoms with Gasteiger partial charge in [0.2, 0.25) is 0 Å². The van der Waals surface area contributed by atoms with Gasteiger partial charge in [0.25, 0.3) is 0 Å². The van der Waals surface area contributed by atoms with Crippen molar-refractivity contribution in [1.82, 2.24) is 0 Å².